The first-order chi connectivity index (χ1) is 12.2. The van der Waals surface area contributed by atoms with Crippen LogP contribution in [-0.4, -0.2) is 36.9 Å². The highest BCUT2D eigenvalue weighted by Crippen LogP contribution is 2.24. The molecule has 26 heavy (non-hydrogen) atoms. The van der Waals surface area contributed by atoms with Crippen LogP contribution in [0, 0.1) is 10.1 Å². The van der Waals surface area contributed by atoms with Crippen molar-refractivity contribution in [3.63, 3.8) is 0 Å². The van der Waals surface area contributed by atoms with Gasteiger partial charge in [-0.2, -0.15) is 0 Å². The second-order valence-corrected chi connectivity index (χ2v) is 6.82. The van der Waals surface area contributed by atoms with E-state index in [4.69, 9.17) is 4.74 Å². The lowest BCUT2D eigenvalue weighted by atomic mass is 10.2. The standard InChI is InChI=1S/C14H12F3N3O5S/c15-14(16,17)25-10-3-1-9(2-4-10)7-24-11-5-19-6-12(20(21)22)18-13(19)26(23)8-11/h1-4,6,11H,5,7-8H2/t11-,26+/m1/s1. The van der Waals surface area contributed by atoms with Crippen molar-refractivity contribution in [2.45, 2.75) is 30.8 Å². The van der Waals surface area contributed by atoms with Crippen LogP contribution in [0.1, 0.15) is 5.56 Å². The maximum absolute atomic E-state index is 12.1. The highest BCUT2D eigenvalue weighted by molar-refractivity contribution is 7.84. The van der Waals surface area contributed by atoms with Crippen molar-refractivity contribution in [1.82, 2.24) is 9.55 Å². The van der Waals surface area contributed by atoms with Crippen LogP contribution in [0.15, 0.2) is 35.6 Å². The normalized spacial score (nSPS) is 19.8. The number of hydrogen-bond acceptors (Lipinski definition) is 6. The molecule has 0 fully saturated rings. The number of fused-ring (bicyclic) bond motifs is 1. The van der Waals surface area contributed by atoms with Crippen molar-refractivity contribution < 1.29 is 31.8 Å². The molecule has 0 spiro atoms. The van der Waals surface area contributed by atoms with Crippen LogP contribution in [0.4, 0.5) is 19.0 Å². The third kappa shape index (κ3) is 4.38. The van der Waals surface area contributed by atoms with E-state index >= 15 is 0 Å². The Morgan fingerprint density at radius 3 is 2.65 bits per heavy atom. The Hall–Kier alpha value is -2.47. The fourth-order valence-corrected chi connectivity index (χ4v) is 3.68. The van der Waals surface area contributed by atoms with Gasteiger partial charge in [0, 0.05) is 0 Å². The fourth-order valence-electron chi connectivity index (χ4n) is 2.40. The molecule has 0 bridgehead atoms. The monoisotopic (exact) mass is 391 g/mol. The van der Waals surface area contributed by atoms with Gasteiger partial charge in [-0.1, -0.05) is 12.1 Å². The highest BCUT2D eigenvalue weighted by atomic mass is 32.2. The molecule has 2 aromatic rings. The molecular formula is C14H12F3N3O5S. The van der Waals surface area contributed by atoms with Crippen LogP contribution in [0.3, 0.4) is 0 Å². The smallest absolute Gasteiger partial charge is 0.406 e. The van der Waals surface area contributed by atoms with Gasteiger partial charge in [0.05, 0.1) is 25.0 Å². The van der Waals surface area contributed by atoms with E-state index in [2.05, 4.69) is 9.72 Å². The molecule has 1 aliphatic rings. The predicted octanol–water partition coefficient (Wildman–Crippen LogP) is 2.40. The van der Waals surface area contributed by atoms with Crippen LogP contribution in [0.2, 0.25) is 0 Å². The SMILES string of the molecule is O=[N+]([O-])c1cn2c(n1)[S@@](=O)C[C@H](OCc1ccc(OC(F)(F)F)cc1)C2. The molecule has 0 saturated carbocycles. The van der Waals surface area contributed by atoms with E-state index in [1.165, 1.54) is 35.0 Å². The average molecular weight is 391 g/mol. The Labute approximate surface area is 147 Å². The Balaban J connectivity index is 1.60. The van der Waals surface area contributed by atoms with Crippen molar-refractivity contribution in [2.24, 2.45) is 0 Å². The maximum atomic E-state index is 12.1. The number of nitro groups is 1. The molecular weight excluding hydrogens is 379 g/mol. The van der Waals surface area contributed by atoms with Crippen LogP contribution in [0.25, 0.3) is 0 Å². The van der Waals surface area contributed by atoms with Crippen molar-refractivity contribution in [3.8, 4) is 5.75 Å². The number of nitrogens with zero attached hydrogens (tertiary/aromatic N) is 3. The van der Waals surface area contributed by atoms with E-state index < -0.39 is 28.2 Å². The molecule has 1 aromatic carbocycles. The molecule has 140 valence electrons. The summed E-state index contributed by atoms with van der Waals surface area (Å²) in [6.07, 6.45) is -4.02. The molecule has 0 saturated heterocycles. The molecule has 0 amide bonds. The molecule has 2 atom stereocenters. The quantitative estimate of drug-likeness (QED) is 0.574. The summed E-state index contributed by atoms with van der Waals surface area (Å²) in [5, 5.41) is 10.9. The molecule has 0 radical (unpaired) electrons. The van der Waals surface area contributed by atoms with Crippen LogP contribution in [-0.2, 0) is 28.7 Å². The van der Waals surface area contributed by atoms with Gasteiger partial charge in [0.15, 0.2) is 0 Å². The minimum Gasteiger partial charge on any atom is -0.406 e. The first kappa shape index (κ1) is 18.3. The largest absolute Gasteiger partial charge is 0.573 e. The Morgan fingerprint density at radius 1 is 1.35 bits per heavy atom. The zero-order chi connectivity index (χ0) is 18.9. The number of aromatic nitrogens is 2. The molecule has 0 aliphatic carbocycles. The predicted molar refractivity (Wildman–Crippen MR) is 81.9 cm³/mol. The van der Waals surface area contributed by atoms with E-state index in [9.17, 15) is 27.5 Å². The minimum atomic E-state index is -4.75. The second kappa shape index (κ2) is 7.03. The van der Waals surface area contributed by atoms with Crippen LogP contribution < -0.4 is 4.74 Å². The van der Waals surface area contributed by atoms with Crippen LogP contribution in [0.5, 0.6) is 5.75 Å². The fraction of sp³-hybridized carbons (Fsp3) is 0.357. The van der Waals surface area contributed by atoms with Crippen molar-refractivity contribution in [3.05, 3.63) is 46.1 Å². The number of ether oxygens (including phenoxy) is 2. The zero-order valence-electron chi connectivity index (χ0n) is 13.0. The summed E-state index contributed by atoms with van der Waals surface area (Å²) in [7, 11) is -1.54. The average Bonchev–Trinajstić information content (AvgIpc) is 2.98. The van der Waals surface area contributed by atoms with Gasteiger partial charge in [-0.25, -0.2) is 4.21 Å². The number of alkyl halides is 3. The summed E-state index contributed by atoms with van der Waals surface area (Å²) in [6, 6.07) is 5.19. The Kier molecular flexibility index (Phi) is 4.96. The number of hydrogen-bond donors (Lipinski definition) is 0. The molecule has 1 aromatic heterocycles. The van der Waals surface area contributed by atoms with Crippen molar-refractivity contribution >= 4 is 16.6 Å². The Morgan fingerprint density at radius 2 is 2.04 bits per heavy atom. The molecule has 12 heteroatoms. The number of halogens is 3. The first-order valence-electron chi connectivity index (χ1n) is 7.27. The van der Waals surface area contributed by atoms with Crippen molar-refractivity contribution in [2.75, 3.05) is 5.75 Å². The van der Waals surface area contributed by atoms with Gasteiger partial charge in [-0.15, -0.1) is 13.2 Å². The van der Waals surface area contributed by atoms with Gasteiger partial charge in [-0.05, 0) is 27.6 Å². The molecule has 8 nitrogen and oxygen atoms in total. The lowest BCUT2D eigenvalue weighted by molar-refractivity contribution is -0.389. The van der Waals surface area contributed by atoms with E-state index in [1.807, 2.05) is 0 Å². The van der Waals surface area contributed by atoms with Gasteiger partial charge in [0.2, 0.25) is 0 Å². The molecule has 0 N–H and O–H groups in total. The lowest BCUT2D eigenvalue weighted by Gasteiger charge is -2.21. The Bertz CT molecular complexity index is 837. The summed E-state index contributed by atoms with van der Waals surface area (Å²) in [4.78, 5) is 13.8. The first-order valence-corrected chi connectivity index (χ1v) is 8.59. The van der Waals surface area contributed by atoms with E-state index in [0.717, 1.165) is 0 Å². The zero-order valence-corrected chi connectivity index (χ0v) is 13.8. The number of imidazole rings is 1. The third-order valence-corrected chi connectivity index (χ3v) is 4.91. The van der Waals surface area contributed by atoms with E-state index in [-0.39, 0.29) is 35.6 Å². The second-order valence-electron chi connectivity index (χ2n) is 5.43. The van der Waals surface area contributed by atoms with Crippen LogP contribution >= 0.6 is 0 Å². The van der Waals surface area contributed by atoms with Crippen molar-refractivity contribution in [1.29, 1.82) is 0 Å². The molecule has 0 unspecified atom stereocenters. The van der Waals surface area contributed by atoms with E-state index in [0.29, 0.717) is 5.56 Å². The van der Waals surface area contributed by atoms with Gasteiger partial charge in [0.25, 0.3) is 0 Å². The summed E-state index contributed by atoms with van der Waals surface area (Å²) < 4.78 is 59.3. The number of benzene rings is 1. The maximum Gasteiger partial charge on any atom is 0.573 e. The summed E-state index contributed by atoms with van der Waals surface area (Å²) >= 11 is 0. The van der Waals surface area contributed by atoms with Gasteiger partial charge >= 0.3 is 17.3 Å². The molecule has 1 aliphatic heterocycles. The third-order valence-electron chi connectivity index (χ3n) is 3.50. The van der Waals surface area contributed by atoms with Gasteiger partial charge in [-0.3, -0.25) is 4.57 Å². The van der Waals surface area contributed by atoms with Gasteiger partial charge < -0.3 is 19.6 Å². The number of rotatable bonds is 5. The summed E-state index contributed by atoms with van der Waals surface area (Å²) in [5.74, 6) is -0.590. The summed E-state index contributed by atoms with van der Waals surface area (Å²) in [6.45, 7) is 0.331. The molecule has 2 heterocycles. The molecule has 3 rings (SSSR count). The summed E-state index contributed by atoms with van der Waals surface area (Å²) in [5.41, 5.74) is 0.604. The minimum absolute atomic E-state index is 0.0836. The van der Waals surface area contributed by atoms with Gasteiger partial charge in [0.1, 0.15) is 22.7 Å². The highest BCUT2D eigenvalue weighted by Gasteiger charge is 2.33. The lowest BCUT2D eigenvalue weighted by Crippen LogP contribution is -2.32. The topological polar surface area (TPSA) is 96.5 Å². The van der Waals surface area contributed by atoms with E-state index in [1.54, 1.807) is 0 Å².